The zero-order valence-electron chi connectivity index (χ0n) is 18.1. The van der Waals surface area contributed by atoms with Crippen molar-refractivity contribution >= 4 is 41.5 Å². The van der Waals surface area contributed by atoms with Crippen molar-refractivity contribution in [2.24, 2.45) is 10.9 Å². The van der Waals surface area contributed by atoms with E-state index in [4.69, 9.17) is 9.47 Å². The molecular weight excluding hydrogens is 483 g/mol. The average Bonchev–Trinajstić information content (AvgIpc) is 2.70. The minimum absolute atomic E-state index is 0. The first kappa shape index (κ1) is 27.6. The van der Waals surface area contributed by atoms with Gasteiger partial charge in [0.1, 0.15) is 0 Å². The first-order chi connectivity index (χ1) is 13.6. The van der Waals surface area contributed by atoms with Crippen LogP contribution in [-0.4, -0.2) is 51.9 Å². The number of carbonyl (C=O) groups is 1. The van der Waals surface area contributed by atoms with Gasteiger partial charge in [0.25, 0.3) is 0 Å². The zero-order chi connectivity index (χ0) is 20.6. The Kier molecular flexibility index (Phi) is 16.6. The number of benzene rings is 1. The van der Waals surface area contributed by atoms with Gasteiger partial charge in [-0.05, 0) is 37.5 Å². The molecule has 0 fully saturated rings. The molecule has 0 bridgehead atoms. The standard InChI is InChI=1S/C21H36N4O3.HI/c1-5-17(3)20(26)25-19-10-7-9-18(15-19)16-24-21(22-6-2)23-11-8-12-28-14-13-27-4;/h7,9-10,15,17H,5-6,8,11-14,16H2,1-4H3,(H,25,26)(H2,22,23,24);1H. The van der Waals surface area contributed by atoms with Crippen LogP contribution in [0.4, 0.5) is 5.69 Å². The highest BCUT2D eigenvalue weighted by Gasteiger charge is 2.10. The van der Waals surface area contributed by atoms with Crippen LogP contribution in [0.5, 0.6) is 0 Å². The van der Waals surface area contributed by atoms with Gasteiger partial charge >= 0.3 is 0 Å². The first-order valence-corrected chi connectivity index (χ1v) is 10.1. The summed E-state index contributed by atoms with van der Waals surface area (Å²) in [4.78, 5) is 16.7. The maximum atomic E-state index is 12.1. The number of halogens is 1. The molecule has 29 heavy (non-hydrogen) atoms. The number of aliphatic imine (C=N–C) groups is 1. The van der Waals surface area contributed by atoms with Crippen molar-refractivity contribution in [2.75, 3.05) is 45.3 Å². The Balaban J connectivity index is 0.00000784. The van der Waals surface area contributed by atoms with E-state index in [0.717, 1.165) is 43.1 Å². The maximum Gasteiger partial charge on any atom is 0.227 e. The Morgan fingerprint density at radius 3 is 2.66 bits per heavy atom. The molecule has 0 saturated heterocycles. The number of ether oxygens (including phenoxy) is 2. The Hall–Kier alpha value is -1.39. The van der Waals surface area contributed by atoms with Crippen LogP contribution in [0.15, 0.2) is 29.3 Å². The van der Waals surface area contributed by atoms with Crippen LogP contribution < -0.4 is 16.0 Å². The second-order valence-electron chi connectivity index (χ2n) is 6.58. The quantitative estimate of drug-likeness (QED) is 0.161. The maximum absolute atomic E-state index is 12.1. The number of rotatable bonds is 13. The summed E-state index contributed by atoms with van der Waals surface area (Å²) >= 11 is 0. The summed E-state index contributed by atoms with van der Waals surface area (Å²) in [5.41, 5.74) is 1.85. The van der Waals surface area contributed by atoms with Gasteiger partial charge in [0, 0.05) is 38.4 Å². The number of hydrogen-bond donors (Lipinski definition) is 3. The molecule has 0 aliphatic rings. The molecule has 0 heterocycles. The van der Waals surface area contributed by atoms with Gasteiger partial charge in [-0.1, -0.05) is 26.0 Å². The van der Waals surface area contributed by atoms with Crippen molar-refractivity contribution in [3.8, 4) is 0 Å². The molecule has 1 rings (SSSR count). The van der Waals surface area contributed by atoms with Crippen LogP contribution >= 0.6 is 24.0 Å². The molecule has 3 N–H and O–H groups in total. The molecule has 1 amide bonds. The number of hydrogen-bond acceptors (Lipinski definition) is 4. The fourth-order valence-electron chi connectivity index (χ4n) is 2.34. The first-order valence-electron chi connectivity index (χ1n) is 10.1. The second kappa shape index (κ2) is 17.5. The minimum Gasteiger partial charge on any atom is -0.382 e. The van der Waals surface area contributed by atoms with Crippen LogP contribution in [0, 0.1) is 5.92 Å². The summed E-state index contributed by atoms with van der Waals surface area (Å²) in [6.07, 6.45) is 1.72. The van der Waals surface area contributed by atoms with Crippen LogP contribution in [0.25, 0.3) is 0 Å². The highest BCUT2D eigenvalue weighted by atomic mass is 127. The van der Waals surface area contributed by atoms with E-state index in [9.17, 15) is 4.79 Å². The van der Waals surface area contributed by atoms with E-state index < -0.39 is 0 Å². The van der Waals surface area contributed by atoms with Gasteiger partial charge in [0.2, 0.25) is 5.91 Å². The molecule has 0 aromatic heterocycles. The normalized spacial score (nSPS) is 12.1. The Bertz CT molecular complexity index is 599. The molecule has 1 aromatic carbocycles. The van der Waals surface area contributed by atoms with Gasteiger partial charge in [0.15, 0.2) is 5.96 Å². The predicted octanol–water partition coefficient (Wildman–Crippen LogP) is 3.40. The van der Waals surface area contributed by atoms with Gasteiger partial charge in [-0.25, -0.2) is 4.99 Å². The van der Waals surface area contributed by atoms with E-state index in [2.05, 4.69) is 20.9 Å². The molecule has 0 aliphatic carbocycles. The average molecular weight is 520 g/mol. The second-order valence-corrected chi connectivity index (χ2v) is 6.58. The number of amides is 1. The number of anilines is 1. The molecule has 7 nitrogen and oxygen atoms in total. The topological polar surface area (TPSA) is 84.0 Å². The lowest BCUT2D eigenvalue weighted by molar-refractivity contribution is -0.119. The fourth-order valence-corrected chi connectivity index (χ4v) is 2.34. The number of nitrogens with one attached hydrogen (secondary N) is 3. The molecule has 0 saturated carbocycles. The third-order valence-electron chi connectivity index (χ3n) is 4.21. The molecular formula is C21H37IN4O3. The lowest BCUT2D eigenvalue weighted by Crippen LogP contribution is -2.38. The Morgan fingerprint density at radius 2 is 1.97 bits per heavy atom. The third kappa shape index (κ3) is 12.7. The highest BCUT2D eigenvalue weighted by molar-refractivity contribution is 14.0. The van der Waals surface area contributed by atoms with Crippen LogP contribution in [0.2, 0.25) is 0 Å². The summed E-state index contributed by atoms with van der Waals surface area (Å²) in [6.45, 7) is 10.0. The molecule has 0 aliphatic heterocycles. The number of methoxy groups -OCH3 is 1. The smallest absolute Gasteiger partial charge is 0.227 e. The van der Waals surface area contributed by atoms with Crippen LogP contribution in [0.1, 0.15) is 39.2 Å². The van der Waals surface area contributed by atoms with Gasteiger partial charge in [-0.15, -0.1) is 24.0 Å². The summed E-state index contributed by atoms with van der Waals surface area (Å²) in [5, 5.41) is 9.52. The van der Waals surface area contributed by atoms with Crippen LogP contribution in [-0.2, 0) is 20.8 Å². The Labute approximate surface area is 192 Å². The van der Waals surface area contributed by atoms with Crippen molar-refractivity contribution < 1.29 is 14.3 Å². The number of guanidine groups is 1. The van der Waals surface area contributed by atoms with Gasteiger partial charge in [-0.3, -0.25) is 4.79 Å². The molecule has 1 atom stereocenters. The number of carbonyl (C=O) groups excluding carboxylic acids is 1. The minimum atomic E-state index is 0. The van der Waals surface area contributed by atoms with Gasteiger partial charge < -0.3 is 25.4 Å². The van der Waals surface area contributed by atoms with E-state index in [1.165, 1.54) is 0 Å². The number of nitrogens with zero attached hydrogens (tertiary/aromatic N) is 1. The molecule has 0 spiro atoms. The SMILES string of the molecule is CCNC(=NCc1cccc(NC(=O)C(C)CC)c1)NCCCOCCOC.I. The highest BCUT2D eigenvalue weighted by Crippen LogP contribution is 2.13. The molecule has 1 unspecified atom stereocenters. The summed E-state index contributed by atoms with van der Waals surface area (Å²) in [5.74, 6) is 0.823. The molecule has 1 aromatic rings. The van der Waals surface area contributed by atoms with E-state index >= 15 is 0 Å². The van der Waals surface area contributed by atoms with Crippen molar-refractivity contribution in [2.45, 2.75) is 40.2 Å². The van der Waals surface area contributed by atoms with E-state index in [1.807, 2.05) is 45.0 Å². The predicted molar refractivity (Wildman–Crippen MR) is 130 cm³/mol. The zero-order valence-corrected chi connectivity index (χ0v) is 20.5. The largest absolute Gasteiger partial charge is 0.382 e. The summed E-state index contributed by atoms with van der Waals surface area (Å²) < 4.78 is 10.4. The van der Waals surface area contributed by atoms with Gasteiger partial charge in [0.05, 0.1) is 19.8 Å². The fraction of sp³-hybridized carbons (Fsp3) is 0.619. The summed E-state index contributed by atoms with van der Waals surface area (Å²) in [6, 6.07) is 7.82. The lowest BCUT2D eigenvalue weighted by Gasteiger charge is -2.12. The third-order valence-corrected chi connectivity index (χ3v) is 4.21. The van der Waals surface area contributed by atoms with Gasteiger partial charge in [-0.2, -0.15) is 0 Å². The molecule has 166 valence electrons. The molecule has 0 radical (unpaired) electrons. The Morgan fingerprint density at radius 1 is 1.17 bits per heavy atom. The van der Waals surface area contributed by atoms with Crippen molar-refractivity contribution in [3.05, 3.63) is 29.8 Å². The van der Waals surface area contributed by atoms with Crippen LogP contribution in [0.3, 0.4) is 0 Å². The molecule has 8 heteroatoms. The van der Waals surface area contributed by atoms with Crippen molar-refractivity contribution in [1.82, 2.24) is 10.6 Å². The van der Waals surface area contributed by atoms with E-state index in [1.54, 1.807) is 7.11 Å². The lowest BCUT2D eigenvalue weighted by atomic mass is 10.1. The summed E-state index contributed by atoms with van der Waals surface area (Å²) in [7, 11) is 1.67. The monoisotopic (exact) mass is 520 g/mol. The van der Waals surface area contributed by atoms with Crippen molar-refractivity contribution in [1.29, 1.82) is 0 Å². The van der Waals surface area contributed by atoms with E-state index in [-0.39, 0.29) is 35.8 Å². The van der Waals surface area contributed by atoms with E-state index in [0.29, 0.717) is 26.4 Å². The van der Waals surface area contributed by atoms with Crippen molar-refractivity contribution in [3.63, 3.8) is 0 Å².